The molecule has 0 saturated heterocycles. The molecule has 6 nitrogen and oxygen atoms in total. The Hall–Kier alpha value is -3.28. The van der Waals surface area contributed by atoms with Gasteiger partial charge in [-0.05, 0) is 24.6 Å². The van der Waals surface area contributed by atoms with Crippen LogP contribution in [-0.4, -0.2) is 26.1 Å². The van der Waals surface area contributed by atoms with E-state index in [0.717, 1.165) is 22.0 Å². The maximum Gasteiger partial charge on any atom is 0.251 e. The number of fused-ring (bicyclic) bond motifs is 3. The topological polar surface area (TPSA) is 83.6 Å². The van der Waals surface area contributed by atoms with E-state index in [4.69, 9.17) is 0 Å². The first kappa shape index (κ1) is 14.3. The minimum absolute atomic E-state index is 0.172. The third-order valence-electron chi connectivity index (χ3n) is 3.83. The molecule has 24 heavy (non-hydrogen) atoms. The van der Waals surface area contributed by atoms with Crippen LogP contribution in [-0.2, 0) is 11.2 Å². The molecule has 0 aliphatic carbocycles. The van der Waals surface area contributed by atoms with Crippen molar-refractivity contribution in [2.75, 3.05) is 5.32 Å². The number of hydrogen-bond acceptors (Lipinski definition) is 4. The van der Waals surface area contributed by atoms with Crippen LogP contribution in [0.2, 0.25) is 0 Å². The largest absolute Gasteiger partial charge is 0.338 e. The summed E-state index contributed by atoms with van der Waals surface area (Å²) in [5.74, 6) is 0.0287. The van der Waals surface area contributed by atoms with Gasteiger partial charge in [0.2, 0.25) is 5.91 Å². The number of aromatic nitrogens is 4. The highest BCUT2D eigenvalue weighted by Crippen LogP contribution is 2.23. The van der Waals surface area contributed by atoms with Crippen molar-refractivity contribution in [1.29, 1.82) is 0 Å². The van der Waals surface area contributed by atoms with Gasteiger partial charge in [0.05, 0.1) is 6.42 Å². The predicted octanol–water partition coefficient (Wildman–Crippen LogP) is 3.00. The Balaban J connectivity index is 1.61. The van der Waals surface area contributed by atoms with Crippen molar-refractivity contribution < 1.29 is 4.79 Å². The molecule has 0 saturated carbocycles. The fourth-order valence-electron chi connectivity index (χ4n) is 2.69. The number of anilines is 1. The van der Waals surface area contributed by atoms with E-state index in [9.17, 15) is 4.79 Å². The maximum atomic E-state index is 12.1. The number of carbonyl (C=O) groups excluding carboxylic acids is 1. The molecule has 2 aromatic carbocycles. The summed E-state index contributed by atoms with van der Waals surface area (Å²) in [6.45, 7) is 2.03. The molecule has 0 spiro atoms. The van der Waals surface area contributed by atoms with Gasteiger partial charge in [0.1, 0.15) is 5.52 Å². The number of nitrogens with one attached hydrogen (secondary N) is 2. The highest BCUT2D eigenvalue weighted by atomic mass is 16.1. The number of aromatic amines is 1. The lowest BCUT2D eigenvalue weighted by Gasteiger charge is -2.03. The van der Waals surface area contributed by atoms with Gasteiger partial charge in [-0.15, -0.1) is 10.2 Å². The Morgan fingerprint density at radius 2 is 1.96 bits per heavy atom. The van der Waals surface area contributed by atoms with Gasteiger partial charge >= 0.3 is 0 Å². The van der Waals surface area contributed by atoms with E-state index in [-0.39, 0.29) is 18.3 Å². The van der Waals surface area contributed by atoms with Crippen LogP contribution in [0.5, 0.6) is 0 Å². The highest BCUT2D eigenvalue weighted by Gasteiger charge is 2.11. The predicted molar refractivity (Wildman–Crippen MR) is 92.7 cm³/mol. The van der Waals surface area contributed by atoms with Gasteiger partial charge in [0.25, 0.3) is 5.95 Å². The Labute approximate surface area is 137 Å². The molecule has 4 rings (SSSR count). The molecule has 2 aromatic heterocycles. The fraction of sp³-hybridized carbons (Fsp3) is 0.111. The van der Waals surface area contributed by atoms with Crippen molar-refractivity contribution >= 4 is 33.9 Å². The molecular formula is C18H15N5O. The van der Waals surface area contributed by atoms with Gasteiger partial charge in [-0.1, -0.05) is 42.0 Å². The standard InChI is InChI=1S/C18H15N5O/c1-11-7-8-14-13(9-11)16-17(19-14)21-18(23-22-16)20-15(24)10-12-5-3-2-4-6-12/h2-9H,10H2,1H3,(H2,19,20,21,23,24). The van der Waals surface area contributed by atoms with Crippen LogP contribution in [0.25, 0.3) is 22.1 Å². The molecule has 0 bridgehead atoms. The lowest BCUT2D eigenvalue weighted by molar-refractivity contribution is -0.115. The van der Waals surface area contributed by atoms with E-state index >= 15 is 0 Å². The first-order valence-electron chi connectivity index (χ1n) is 7.65. The van der Waals surface area contributed by atoms with Crippen LogP contribution in [0, 0.1) is 6.92 Å². The van der Waals surface area contributed by atoms with E-state index in [2.05, 4.69) is 25.5 Å². The number of rotatable bonds is 3. The monoisotopic (exact) mass is 317 g/mol. The first-order chi connectivity index (χ1) is 11.7. The van der Waals surface area contributed by atoms with Crippen molar-refractivity contribution in [1.82, 2.24) is 20.2 Å². The molecule has 2 N–H and O–H groups in total. The molecule has 4 aromatic rings. The van der Waals surface area contributed by atoms with Gasteiger partial charge in [-0.25, -0.2) is 0 Å². The average molecular weight is 317 g/mol. The Bertz CT molecular complexity index is 1040. The SMILES string of the molecule is Cc1ccc2[nH]c3nc(NC(=O)Cc4ccccc4)nnc3c2c1. The van der Waals surface area contributed by atoms with Crippen molar-refractivity contribution in [2.24, 2.45) is 0 Å². The third-order valence-corrected chi connectivity index (χ3v) is 3.83. The second kappa shape index (κ2) is 5.73. The molecule has 2 heterocycles. The molecule has 0 unspecified atom stereocenters. The lowest BCUT2D eigenvalue weighted by atomic mass is 10.1. The summed E-state index contributed by atoms with van der Waals surface area (Å²) in [6, 6.07) is 15.6. The van der Waals surface area contributed by atoms with Crippen molar-refractivity contribution in [3.8, 4) is 0 Å². The van der Waals surface area contributed by atoms with Crippen LogP contribution in [0.1, 0.15) is 11.1 Å². The molecule has 118 valence electrons. The van der Waals surface area contributed by atoms with Crippen molar-refractivity contribution in [3.05, 3.63) is 59.7 Å². The molecular weight excluding hydrogens is 302 g/mol. The number of carbonyl (C=O) groups is 1. The number of hydrogen-bond donors (Lipinski definition) is 2. The summed E-state index contributed by atoms with van der Waals surface area (Å²) < 4.78 is 0. The maximum absolute atomic E-state index is 12.1. The van der Waals surface area contributed by atoms with Gasteiger partial charge in [0.15, 0.2) is 5.65 Å². The highest BCUT2D eigenvalue weighted by molar-refractivity contribution is 6.03. The molecule has 1 amide bonds. The average Bonchev–Trinajstić information content (AvgIpc) is 2.92. The minimum Gasteiger partial charge on any atom is -0.338 e. The molecule has 0 aliphatic heterocycles. The van der Waals surface area contributed by atoms with Crippen LogP contribution in [0.4, 0.5) is 5.95 Å². The number of aryl methyl sites for hydroxylation is 1. The van der Waals surface area contributed by atoms with E-state index in [1.807, 2.05) is 55.5 Å². The molecule has 0 aliphatic rings. The van der Waals surface area contributed by atoms with E-state index in [1.54, 1.807) is 0 Å². The second-order valence-electron chi connectivity index (χ2n) is 5.72. The third kappa shape index (κ3) is 2.69. The summed E-state index contributed by atoms with van der Waals surface area (Å²) in [4.78, 5) is 19.7. The molecule has 6 heteroatoms. The van der Waals surface area contributed by atoms with Crippen LogP contribution < -0.4 is 5.32 Å². The van der Waals surface area contributed by atoms with Crippen LogP contribution in [0.3, 0.4) is 0 Å². The van der Waals surface area contributed by atoms with Crippen LogP contribution in [0.15, 0.2) is 48.5 Å². The van der Waals surface area contributed by atoms with E-state index < -0.39 is 0 Å². The van der Waals surface area contributed by atoms with Gasteiger partial charge in [0, 0.05) is 10.9 Å². The zero-order valence-corrected chi connectivity index (χ0v) is 13.1. The zero-order chi connectivity index (χ0) is 16.5. The molecule has 0 radical (unpaired) electrons. The van der Waals surface area contributed by atoms with Gasteiger partial charge < -0.3 is 4.98 Å². The summed E-state index contributed by atoms with van der Waals surface area (Å²) in [5, 5.41) is 11.9. The Morgan fingerprint density at radius 3 is 2.79 bits per heavy atom. The minimum atomic E-state index is -0.172. The van der Waals surface area contributed by atoms with Gasteiger partial charge in [-0.2, -0.15) is 4.98 Å². The van der Waals surface area contributed by atoms with Crippen molar-refractivity contribution in [3.63, 3.8) is 0 Å². The number of nitrogens with zero attached hydrogens (tertiary/aromatic N) is 3. The van der Waals surface area contributed by atoms with E-state index in [0.29, 0.717) is 11.2 Å². The van der Waals surface area contributed by atoms with Crippen molar-refractivity contribution in [2.45, 2.75) is 13.3 Å². The van der Waals surface area contributed by atoms with E-state index in [1.165, 1.54) is 0 Å². The fourth-order valence-corrected chi connectivity index (χ4v) is 2.69. The zero-order valence-electron chi connectivity index (χ0n) is 13.1. The summed E-state index contributed by atoms with van der Waals surface area (Å²) in [7, 11) is 0. The number of H-pyrrole nitrogens is 1. The lowest BCUT2D eigenvalue weighted by Crippen LogP contribution is -2.16. The van der Waals surface area contributed by atoms with Crippen LogP contribution >= 0.6 is 0 Å². The normalized spacial score (nSPS) is 11.0. The number of benzene rings is 2. The Morgan fingerprint density at radius 1 is 1.12 bits per heavy atom. The molecule has 0 fully saturated rings. The number of amides is 1. The summed E-state index contributed by atoms with van der Waals surface area (Å²) >= 11 is 0. The summed E-state index contributed by atoms with van der Waals surface area (Å²) in [6.07, 6.45) is 0.272. The second-order valence-corrected chi connectivity index (χ2v) is 5.72. The Kier molecular flexibility index (Phi) is 3.42. The summed E-state index contributed by atoms with van der Waals surface area (Å²) in [5.41, 5.74) is 4.34. The quantitative estimate of drug-likeness (QED) is 0.608. The van der Waals surface area contributed by atoms with Gasteiger partial charge in [-0.3, -0.25) is 10.1 Å². The first-order valence-corrected chi connectivity index (χ1v) is 7.65. The smallest absolute Gasteiger partial charge is 0.251 e. The molecule has 0 atom stereocenters.